The lowest BCUT2D eigenvalue weighted by atomic mass is 9.97. The van der Waals surface area contributed by atoms with Gasteiger partial charge in [-0.3, -0.25) is 0 Å². The lowest BCUT2D eigenvalue weighted by Crippen LogP contribution is -1.88. The van der Waals surface area contributed by atoms with Crippen molar-refractivity contribution in [2.75, 3.05) is 0 Å². The molecule has 0 bridgehead atoms. The molecule has 0 fully saturated rings. The lowest BCUT2D eigenvalue weighted by molar-refractivity contribution is 1.11. The van der Waals surface area contributed by atoms with Gasteiger partial charge >= 0.3 is 0 Å². The quantitative estimate of drug-likeness (QED) is 0.466. The third kappa shape index (κ3) is 9.89. The normalized spacial score (nSPS) is 8.22. The molecular formula is C18H34. The Kier molecular flexibility index (Phi) is 29.8. The van der Waals surface area contributed by atoms with Crippen molar-refractivity contribution < 1.29 is 0 Å². The Balaban J connectivity index is -0.000000177. The van der Waals surface area contributed by atoms with Crippen LogP contribution in [0.2, 0.25) is 0 Å². The predicted molar refractivity (Wildman–Crippen MR) is 91.1 cm³/mol. The van der Waals surface area contributed by atoms with E-state index < -0.39 is 0 Å². The largest absolute Gasteiger partial charge is 0.0984 e. The highest BCUT2D eigenvalue weighted by Crippen LogP contribution is 2.20. The summed E-state index contributed by atoms with van der Waals surface area (Å²) in [5, 5.41) is 0. The fraction of sp³-hybridized carbons (Fsp3) is 0.444. The molecule has 0 spiro atoms. The van der Waals surface area contributed by atoms with E-state index in [4.69, 9.17) is 0 Å². The third-order valence-corrected chi connectivity index (χ3v) is 2.03. The van der Waals surface area contributed by atoms with Crippen molar-refractivity contribution in [2.45, 2.75) is 55.4 Å². The van der Waals surface area contributed by atoms with Crippen molar-refractivity contribution in [3.63, 3.8) is 0 Å². The summed E-state index contributed by atoms with van der Waals surface area (Å²) in [6.07, 6.45) is 8.58. The van der Waals surface area contributed by atoms with E-state index in [1.807, 2.05) is 52.8 Å². The molecule has 0 aliphatic rings. The summed E-state index contributed by atoms with van der Waals surface area (Å²) >= 11 is 0. The first-order valence-corrected chi connectivity index (χ1v) is 6.52. The Hall–Kier alpha value is -1.30. The van der Waals surface area contributed by atoms with Crippen LogP contribution in [-0.2, 0) is 0 Å². The zero-order chi connectivity index (χ0) is 14.3. The van der Waals surface area contributed by atoms with Crippen molar-refractivity contribution in [1.82, 2.24) is 0 Å². The van der Waals surface area contributed by atoms with Crippen molar-refractivity contribution in [2.24, 2.45) is 0 Å². The van der Waals surface area contributed by atoms with Crippen molar-refractivity contribution in [3.05, 3.63) is 60.8 Å². The third-order valence-electron chi connectivity index (χ3n) is 2.03. The van der Waals surface area contributed by atoms with E-state index in [1.165, 1.54) is 5.57 Å². The molecule has 0 aliphatic carbocycles. The average molecular weight is 250 g/mol. The number of allylic oxidation sites excluding steroid dienone is 7. The smallest absolute Gasteiger partial charge is 0.0162 e. The van der Waals surface area contributed by atoms with Crippen LogP contribution < -0.4 is 0 Å². The van der Waals surface area contributed by atoms with Gasteiger partial charge in [0.1, 0.15) is 0 Å². The summed E-state index contributed by atoms with van der Waals surface area (Å²) in [7, 11) is 0. The standard InChI is InChI=1S/C13H18.2C2H6.CH4/c1-6-11(7-2)13(10-5)12(8-3)9-4;2*1-2;/h6-8,10H,1-2,5,9H2,3-4H3;2*1-2H3;1H4/b12-8-;;;. The first kappa shape index (κ1) is 25.5. The summed E-state index contributed by atoms with van der Waals surface area (Å²) in [4.78, 5) is 0. The molecule has 0 saturated heterocycles. The zero-order valence-electron chi connectivity index (χ0n) is 12.6. The van der Waals surface area contributed by atoms with Crippen LogP contribution in [0.15, 0.2) is 60.8 Å². The van der Waals surface area contributed by atoms with Crippen LogP contribution in [0, 0.1) is 0 Å². The van der Waals surface area contributed by atoms with Gasteiger partial charge in [0, 0.05) is 0 Å². The second-order valence-electron chi connectivity index (χ2n) is 2.65. The van der Waals surface area contributed by atoms with Crippen molar-refractivity contribution >= 4 is 0 Å². The molecule has 106 valence electrons. The fourth-order valence-electron chi connectivity index (χ4n) is 1.29. The Morgan fingerprint density at radius 3 is 1.44 bits per heavy atom. The maximum Gasteiger partial charge on any atom is -0.0162 e. The first-order chi connectivity index (χ1) is 8.24. The Morgan fingerprint density at radius 2 is 1.28 bits per heavy atom. The van der Waals surface area contributed by atoms with Gasteiger partial charge in [0.05, 0.1) is 0 Å². The van der Waals surface area contributed by atoms with Gasteiger partial charge in [-0.25, -0.2) is 0 Å². The molecule has 0 N–H and O–H groups in total. The van der Waals surface area contributed by atoms with Crippen LogP contribution >= 0.6 is 0 Å². The Labute approximate surface area is 117 Å². The summed E-state index contributed by atoms with van der Waals surface area (Å²) in [6.45, 7) is 23.5. The second-order valence-corrected chi connectivity index (χ2v) is 2.65. The highest BCUT2D eigenvalue weighted by Gasteiger charge is 2.01. The summed E-state index contributed by atoms with van der Waals surface area (Å²) < 4.78 is 0. The van der Waals surface area contributed by atoms with Gasteiger partial charge in [0.25, 0.3) is 0 Å². The molecule has 0 heteroatoms. The molecule has 0 aromatic rings. The van der Waals surface area contributed by atoms with Crippen LogP contribution in [0.25, 0.3) is 0 Å². The summed E-state index contributed by atoms with van der Waals surface area (Å²) in [6, 6.07) is 0. The van der Waals surface area contributed by atoms with Crippen LogP contribution in [-0.4, -0.2) is 0 Å². The van der Waals surface area contributed by atoms with Crippen molar-refractivity contribution in [1.29, 1.82) is 0 Å². The van der Waals surface area contributed by atoms with E-state index in [9.17, 15) is 0 Å². The van der Waals surface area contributed by atoms with Gasteiger partial charge < -0.3 is 0 Å². The highest BCUT2D eigenvalue weighted by atomic mass is 14.1. The highest BCUT2D eigenvalue weighted by molar-refractivity contribution is 5.49. The van der Waals surface area contributed by atoms with E-state index in [1.54, 1.807) is 0 Å². The van der Waals surface area contributed by atoms with Crippen LogP contribution in [0.3, 0.4) is 0 Å². The van der Waals surface area contributed by atoms with Crippen LogP contribution in [0.5, 0.6) is 0 Å². The molecule has 18 heavy (non-hydrogen) atoms. The maximum absolute atomic E-state index is 3.80. The van der Waals surface area contributed by atoms with E-state index >= 15 is 0 Å². The van der Waals surface area contributed by atoms with E-state index in [2.05, 4.69) is 32.7 Å². The van der Waals surface area contributed by atoms with E-state index in [0.29, 0.717) is 0 Å². The molecule has 0 aliphatic heterocycles. The van der Waals surface area contributed by atoms with Gasteiger partial charge in [-0.1, -0.05) is 86.1 Å². The number of hydrogen-bond donors (Lipinski definition) is 0. The average Bonchev–Trinajstić information content (AvgIpc) is 2.43. The van der Waals surface area contributed by atoms with Gasteiger partial charge in [-0.15, -0.1) is 0 Å². The van der Waals surface area contributed by atoms with Gasteiger partial charge in [-0.05, 0) is 30.1 Å². The maximum atomic E-state index is 3.80. The minimum atomic E-state index is 0. The molecular weight excluding hydrogens is 216 g/mol. The summed E-state index contributed by atoms with van der Waals surface area (Å²) in [5.74, 6) is 0. The second kappa shape index (κ2) is 21.0. The topological polar surface area (TPSA) is 0 Å². The predicted octanol–water partition coefficient (Wildman–Crippen LogP) is 6.89. The van der Waals surface area contributed by atoms with Gasteiger partial charge in [0.2, 0.25) is 0 Å². The summed E-state index contributed by atoms with van der Waals surface area (Å²) in [5.41, 5.74) is 3.46. The molecule has 0 nitrogen and oxygen atoms in total. The Morgan fingerprint density at radius 1 is 0.889 bits per heavy atom. The molecule has 0 unspecified atom stereocenters. The monoisotopic (exact) mass is 250 g/mol. The molecule has 0 atom stereocenters. The molecule has 0 saturated carbocycles. The van der Waals surface area contributed by atoms with Gasteiger partial charge in [0.15, 0.2) is 0 Å². The van der Waals surface area contributed by atoms with Crippen LogP contribution in [0.4, 0.5) is 0 Å². The SMILES string of the molecule is C.C=CC(C=C)=C(C=C)/C(=C\C)CC.CC.CC. The van der Waals surface area contributed by atoms with Gasteiger partial charge in [-0.2, -0.15) is 0 Å². The molecule has 0 aromatic heterocycles. The number of rotatable bonds is 5. The minimum Gasteiger partial charge on any atom is -0.0984 e. The lowest BCUT2D eigenvalue weighted by Gasteiger charge is -2.07. The molecule has 0 heterocycles. The van der Waals surface area contributed by atoms with E-state index in [-0.39, 0.29) is 7.43 Å². The van der Waals surface area contributed by atoms with E-state index in [0.717, 1.165) is 17.6 Å². The van der Waals surface area contributed by atoms with Crippen LogP contribution in [0.1, 0.15) is 55.4 Å². The first-order valence-electron chi connectivity index (χ1n) is 6.52. The molecule has 0 amide bonds. The molecule has 0 radical (unpaired) electrons. The molecule has 0 aromatic carbocycles. The number of hydrogen-bond acceptors (Lipinski definition) is 0. The van der Waals surface area contributed by atoms with Crippen molar-refractivity contribution in [3.8, 4) is 0 Å². The minimum absolute atomic E-state index is 0. The molecule has 0 rings (SSSR count). The zero-order valence-corrected chi connectivity index (χ0v) is 12.6. The Bertz CT molecular complexity index is 252. The fourth-order valence-corrected chi connectivity index (χ4v) is 1.29.